The Morgan fingerprint density at radius 1 is 0.516 bits per heavy atom. The molecule has 1 unspecified atom stereocenters. The van der Waals surface area contributed by atoms with Crippen molar-refractivity contribution in [2.24, 2.45) is 0 Å². The van der Waals surface area contributed by atoms with Crippen LogP contribution in [0.4, 0.5) is 0 Å². The summed E-state index contributed by atoms with van der Waals surface area (Å²) in [6, 6.07) is 36.7. The highest BCUT2D eigenvalue weighted by Gasteiger charge is 2.38. The molecule has 0 N–H and O–H groups in total. The molecule has 0 aliphatic carbocycles. The van der Waals surface area contributed by atoms with Crippen LogP contribution in [0.2, 0.25) is 0 Å². The SMILES string of the molecule is CCCCCCCCCCCCCCCC(=O)OC(COC(=O)CCCCCCCOS(=O)(=O)c1ccc(C)cc1)COC(c1ccccc1)(c1ccccc1)c1ccccc1. The quantitative estimate of drug-likeness (QED) is 0.0202. The monoisotopic (exact) mass is 868 g/mol. The van der Waals surface area contributed by atoms with E-state index < -0.39 is 21.8 Å². The van der Waals surface area contributed by atoms with Crippen molar-refractivity contribution < 1.29 is 36.4 Å². The summed E-state index contributed by atoms with van der Waals surface area (Å²) < 4.78 is 48.9. The number of carbonyl (C=O) groups is 2. The fourth-order valence-electron chi connectivity index (χ4n) is 7.74. The fourth-order valence-corrected chi connectivity index (χ4v) is 8.68. The van der Waals surface area contributed by atoms with Gasteiger partial charge in [0.1, 0.15) is 12.2 Å². The number of ether oxygens (including phenoxy) is 3. The van der Waals surface area contributed by atoms with E-state index >= 15 is 0 Å². The molecule has 0 spiro atoms. The third-order valence-corrected chi connectivity index (χ3v) is 12.6. The highest BCUT2D eigenvalue weighted by atomic mass is 32.2. The average molecular weight is 869 g/mol. The zero-order chi connectivity index (χ0) is 44.1. The Morgan fingerprint density at radius 3 is 1.40 bits per heavy atom. The molecule has 0 heterocycles. The number of aryl methyl sites for hydroxylation is 1. The molecule has 0 amide bonds. The largest absolute Gasteiger partial charge is 0.462 e. The Kier molecular flexibility index (Phi) is 23.6. The summed E-state index contributed by atoms with van der Waals surface area (Å²) in [5.41, 5.74) is 2.72. The molecule has 0 aliphatic rings. The van der Waals surface area contributed by atoms with Crippen molar-refractivity contribution in [1.82, 2.24) is 0 Å². The van der Waals surface area contributed by atoms with Gasteiger partial charge < -0.3 is 14.2 Å². The summed E-state index contributed by atoms with van der Waals surface area (Å²) in [5.74, 6) is -0.686. The van der Waals surface area contributed by atoms with Crippen LogP contribution in [0.3, 0.4) is 0 Å². The molecule has 0 saturated heterocycles. The van der Waals surface area contributed by atoms with Crippen LogP contribution in [0.1, 0.15) is 158 Å². The molecule has 62 heavy (non-hydrogen) atoms. The second-order valence-corrected chi connectivity index (χ2v) is 18.1. The van der Waals surface area contributed by atoms with E-state index in [1.54, 1.807) is 24.3 Å². The van der Waals surface area contributed by atoms with Gasteiger partial charge in [-0.05, 0) is 55.0 Å². The zero-order valence-electron chi connectivity index (χ0n) is 37.5. The van der Waals surface area contributed by atoms with Gasteiger partial charge in [-0.15, -0.1) is 0 Å². The maximum Gasteiger partial charge on any atom is 0.306 e. The van der Waals surface area contributed by atoms with Crippen LogP contribution < -0.4 is 0 Å². The van der Waals surface area contributed by atoms with Crippen molar-refractivity contribution in [3.63, 3.8) is 0 Å². The van der Waals surface area contributed by atoms with E-state index in [2.05, 4.69) is 6.92 Å². The predicted octanol–water partition coefficient (Wildman–Crippen LogP) is 13.0. The van der Waals surface area contributed by atoms with Gasteiger partial charge in [0.15, 0.2) is 6.10 Å². The van der Waals surface area contributed by atoms with Gasteiger partial charge in [0.2, 0.25) is 0 Å². The van der Waals surface area contributed by atoms with Crippen molar-refractivity contribution in [1.29, 1.82) is 0 Å². The Balaban J connectivity index is 1.28. The summed E-state index contributed by atoms with van der Waals surface area (Å²) in [4.78, 5) is 26.5. The van der Waals surface area contributed by atoms with Crippen molar-refractivity contribution in [3.05, 3.63) is 138 Å². The van der Waals surface area contributed by atoms with Gasteiger partial charge in [-0.2, -0.15) is 8.42 Å². The normalized spacial score (nSPS) is 12.2. The first-order valence-electron chi connectivity index (χ1n) is 23.4. The zero-order valence-corrected chi connectivity index (χ0v) is 38.3. The summed E-state index contributed by atoms with van der Waals surface area (Å²) in [5, 5.41) is 0. The van der Waals surface area contributed by atoms with Crippen molar-refractivity contribution in [2.75, 3.05) is 19.8 Å². The van der Waals surface area contributed by atoms with Crippen LogP contribution in [0.25, 0.3) is 0 Å². The van der Waals surface area contributed by atoms with Gasteiger partial charge in [0.05, 0.1) is 18.1 Å². The lowest BCUT2D eigenvalue weighted by molar-refractivity contribution is -0.165. The van der Waals surface area contributed by atoms with Crippen LogP contribution in [-0.2, 0) is 43.7 Å². The molecular formula is C53H72O8S. The van der Waals surface area contributed by atoms with E-state index in [0.717, 1.165) is 60.8 Å². The van der Waals surface area contributed by atoms with Gasteiger partial charge in [-0.3, -0.25) is 13.8 Å². The number of benzene rings is 4. The molecule has 338 valence electrons. The highest BCUT2D eigenvalue weighted by Crippen LogP contribution is 2.40. The molecule has 4 aromatic carbocycles. The first kappa shape index (κ1) is 50.3. The molecule has 0 aliphatic heterocycles. The first-order valence-corrected chi connectivity index (χ1v) is 24.8. The Morgan fingerprint density at radius 2 is 0.935 bits per heavy atom. The number of hydrogen-bond acceptors (Lipinski definition) is 8. The molecule has 1 atom stereocenters. The van der Waals surface area contributed by atoms with Gasteiger partial charge in [0.25, 0.3) is 10.1 Å². The molecule has 4 aromatic rings. The van der Waals surface area contributed by atoms with E-state index in [-0.39, 0.29) is 43.1 Å². The molecule has 0 fully saturated rings. The summed E-state index contributed by atoms with van der Waals surface area (Å²) in [7, 11) is -3.78. The summed E-state index contributed by atoms with van der Waals surface area (Å²) >= 11 is 0. The smallest absolute Gasteiger partial charge is 0.306 e. The van der Waals surface area contributed by atoms with E-state index in [0.29, 0.717) is 19.3 Å². The minimum Gasteiger partial charge on any atom is -0.462 e. The van der Waals surface area contributed by atoms with Gasteiger partial charge in [0, 0.05) is 12.8 Å². The number of hydrogen-bond donors (Lipinski definition) is 0. The van der Waals surface area contributed by atoms with E-state index in [1.807, 2.05) is 97.9 Å². The topological polar surface area (TPSA) is 105 Å². The number of unbranched alkanes of at least 4 members (excludes halogenated alkanes) is 16. The molecule has 8 nitrogen and oxygen atoms in total. The average Bonchev–Trinajstić information content (AvgIpc) is 3.29. The lowest BCUT2D eigenvalue weighted by Gasteiger charge is -2.37. The van der Waals surface area contributed by atoms with E-state index in [1.165, 1.54) is 64.2 Å². The van der Waals surface area contributed by atoms with Crippen molar-refractivity contribution >= 4 is 22.1 Å². The molecule has 9 heteroatoms. The van der Waals surface area contributed by atoms with E-state index in [9.17, 15) is 18.0 Å². The highest BCUT2D eigenvalue weighted by molar-refractivity contribution is 7.86. The lowest BCUT2D eigenvalue weighted by Crippen LogP contribution is -2.38. The van der Waals surface area contributed by atoms with Gasteiger partial charge in [-0.25, -0.2) is 0 Å². The molecule has 4 rings (SSSR count). The summed E-state index contributed by atoms with van der Waals surface area (Å²) in [6.45, 7) is 4.15. The fraction of sp³-hybridized carbons (Fsp3) is 0.509. The number of carbonyl (C=O) groups excluding carboxylic acids is 2. The maximum absolute atomic E-state index is 13.3. The van der Waals surface area contributed by atoms with Crippen LogP contribution in [0.5, 0.6) is 0 Å². The lowest BCUT2D eigenvalue weighted by atomic mass is 9.80. The minimum absolute atomic E-state index is 0.00197. The number of esters is 2. The third-order valence-electron chi connectivity index (χ3n) is 11.3. The Labute approximate surface area is 373 Å². The summed E-state index contributed by atoms with van der Waals surface area (Å²) in [6.07, 6.45) is 19.2. The first-order chi connectivity index (χ1) is 30.2. The third kappa shape index (κ3) is 18.2. The Bertz CT molecular complexity index is 1800. The Hall–Kier alpha value is -4.31. The molecule has 0 radical (unpaired) electrons. The van der Waals surface area contributed by atoms with Crippen LogP contribution in [-0.4, -0.2) is 46.3 Å². The van der Waals surface area contributed by atoms with Crippen molar-refractivity contribution in [3.8, 4) is 0 Å². The molecule has 0 saturated carbocycles. The maximum atomic E-state index is 13.3. The second-order valence-electron chi connectivity index (χ2n) is 16.5. The van der Waals surface area contributed by atoms with Crippen LogP contribution >= 0.6 is 0 Å². The standard InChI is InChI=1S/C53H72O8S/c1-3-4-5-6-7-8-9-10-11-12-13-15-28-37-52(55)61-49(43-58-51(54)36-27-16-14-17-29-42-60-62(56,57)50-40-38-45(2)39-41-50)44-59-53(46-30-21-18-22-31-46,47-32-23-19-24-33-47)48-34-25-20-26-35-48/h18-26,30-35,38-41,49H,3-17,27-29,36-37,42-44H2,1-2H3. The minimum atomic E-state index is -3.78. The van der Waals surface area contributed by atoms with E-state index in [4.69, 9.17) is 18.4 Å². The van der Waals surface area contributed by atoms with Crippen LogP contribution in [0.15, 0.2) is 120 Å². The predicted molar refractivity (Wildman–Crippen MR) is 248 cm³/mol. The molecule has 0 bridgehead atoms. The van der Waals surface area contributed by atoms with Gasteiger partial charge >= 0.3 is 11.9 Å². The van der Waals surface area contributed by atoms with Crippen molar-refractivity contribution in [2.45, 2.75) is 159 Å². The molecule has 0 aromatic heterocycles. The second kappa shape index (κ2) is 29.1. The number of rotatable bonds is 33. The van der Waals surface area contributed by atoms with Crippen LogP contribution in [0, 0.1) is 6.92 Å². The molecular weight excluding hydrogens is 797 g/mol. The van der Waals surface area contributed by atoms with Gasteiger partial charge in [-0.1, -0.05) is 212 Å².